The first-order valence-electron chi connectivity index (χ1n) is 4.69. The molecule has 84 valence electrons. The van der Waals surface area contributed by atoms with Crippen molar-refractivity contribution in [2.24, 2.45) is 17.9 Å². The fourth-order valence-electron chi connectivity index (χ4n) is 1.29. The number of nitrogens with zero attached hydrogens (tertiary/aromatic N) is 4. The fraction of sp³-hybridized carbons (Fsp3) is 0.556. The summed E-state index contributed by atoms with van der Waals surface area (Å²) in [6.07, 6.45) is 3.74. The predicted molar refractivity (Wildman–Crippen MR) is 57.5 cm³/mol. The largest absolute Gasteiger partial charge is 0.409 e. The molecule has 0 bridgehead atoms. The van der Waals surface area contributed by atoms with Crippen LogP contribution in [0.5, 0.6) is 0 Å². The molecule has 1 atom stereocenters. The van der Waals surface area contributed by atoms with E-state index in [0.717, 1.165) is 5.56 Å². The van der Waals surface area contributed by atoms with E-state index in [4.69, 9.17) is 10.9 Å². The first-order chi connectivity index (χ1) is 7.04. The fourth-order valence-corrected chi connectivity index (χ4v) is 1.29. The van der Waals surface area contributed by atoms with Gasteiger partial charge in [-0.3, -0.25) is 9.58 Å². The van der Waals surface area contributed by atoms with Crippen LogP contribution in [-0.2, 0) is 13.6 Å². The van der Waals surface area contributed by atoms with E-state index in [1.165, 1.54) is 0 Å². The third-order valence-corrected chi connectivity index (χ3v) is 2.39. The number of likely N-dealkylation sites (N-methyl/N-ethyl adjacent to an activating group) is 1. The number of nitrogens with two attached hydrogens (primary N) is 1. The van der Waals surface area contributed by atoms with E-state index >= 15 is 0 Å². The van der Waals surface area contributed by atoms with Gasteiger partial charge in [-0.05, 0) is 14.0 Å². The average Bonchev–Trinajstić information content (AvgIpc) is 2.61. The van der Waals surface area contributed by atoms with Gasteiger partial charge in [-0.15, -0.1) is 0 Å². The first kappa shape index (κ1) is 11.5. The van der Waals surface area contributed by atoms with Crippen LogP contribution in [0.1, 0.15) is 12.5 Å². The molecule has 15 heavy (non-hydrogen) atoms. The Labute approximate surface area is 89.0 Å². The summed E-state index contributed by atoms with van der Waals surface area (Å²) in [5, 5.41) is 15.6. The van der Waals surface area contributed by atoms with Gasteiger partial charge in [-0.1, -0.05) is 5.16 Å². The van der Waals surface area contributed by atoms with E-state index in [2.05, 4.69) is 10.3 Å². The Morgan fingerprint density at radius 1 is 1.80 bits per heavy atom. The minimum absolute atomic E-state index is 0.102. The molecule has 0 aliphatic rings. The standard InChI is InChI=1S/C9H17N5O/c1-7(9(10)12-15)13(2)5-8-4-11-14(3)6-8/h4,6-7,15H,5H2,1-3H3,(H2,10,12). The second-order valence-corrected chi connectivity index (χ2v) is 3.64. The number of hydrogen-bond donors (Lipinski definition) is 2. The lowest BCUT2D eigenvalue weighted by atomic mass is 10.2. The van der Waals surface area contributed by atoms with Crippen LogP contribution < -0.4 is 5.73 Å². The SMILES string of the molecule is CC(C(N)=NO)N(C)Cc1cnn(C)c1. The maximum absolute atomic E-state index is 8.54. The molecule has 6 heteroatoms. The zero-order chi connectivity index (χ0) is 11.4. The van der Waals surface area contributed by atoms with Crippen molar-refractivity contribution in [3.05, 3.63) is 18.0 Å². The summed E-state index contributed by atoms with van der Waals surface area (Å²) in [5.41, 5.74) is 6.61. The van der Waals surface area contributed by atoms with Gasteiger partial charge in [0, 0.05) is 25.4 Å². The second-order valence-electron chi connectivity index (χ2n) is 3.64. The van der Waals surface area contributed by atoms with Crippen molar-refractivity contribution >= 4 is 5.84 Å². The molecule has 1 unspecified atom stereocenters. The summed E-state index contributed by atoms with van der Waals surface area (Å²) in [4.78, 5) is 1.98. The van der Waals surface area contributed by atoms with E-state index < -0.39 is 0 Å². The van der Waals surface area contributed by atoms with Crippen molar-refractivity contribution in [1.29, 1.82) is 0 Å². The van der Waals surface area contributed by atoms with Crippen LogP contribution >= 0.6 is 0 Å². The molecule has 0 aliphatic heterocycles. The zero-order valence-electron chi connectivity index (χ0n) is 9.25. The molecule has 0 amide bonds. The smallest absolute Gasteiger partial charge is 0.156 e. The van der Waals surface area contributed by atoms with Gasteiger partial charge in [-0.25, -0.2) is 0 Å². The van der Waals surface area contributed by atoms with Gasteiger partial charge in [0.1, 0.15) is 0 Å². The van der Waals surface area contributed by atoms with Crippen LogP contribution in [0, 0.1) is 0 Å². The lowest BCUT2D eigenvalue weighted by molar-refractivity contribution is 0.279. The van der Waals surface area contributed by atoms with Gasteiger partial charge < -0.3 is 10.9 Å². The van der Waals surface area contributed by atoms with E-state index in [1.54, 1.807) is 10.9 Å². The summed E-state index contributed by atoms with van der Waals surface area (Å²) in [5.74, 6) is 0.210. The average molecular weight is 211 g/mol. The molecule has 6 nitrogen and oxygen atoms in total. The van der Waals surface area contributed by atoms with Crippen molar-refractivity contribution in [2.45, 2.75) is 19.5 Å². The van der Waals surface area contributed by atoms with Gasteiger partial charge in [0.25, 0.3) is 0 Å². The van der Waals surface area contributed by atoms with Crippen molar-refractivity contribution in [3.8, 4) is 0 Å². The monoisotopic (exact) mass is 211 g/mol. The number of aryl methyl sites for hydroxylation is 1. The topological polar surface area (TPSA) is 79.7 Å². The Kier molecular flexibility index (Phi) is 3.68. The highest BCUT2D eigenvalue weighted by molar-refractivity contribution is 5.84. The van der Waals surface area contributed by atoms with Crippen molar-refractivity contribution < 1.29 is 5.21 Å². The molecule has 0 spiro atoms. The molecule has 0 aliphatic carbocycles. The molecule has 1 heterocycles. The van der Waals surface area contributed by atoms with Crippen LogP contribution in [0.2, 0.25) is 0 Å². The number of rotatable bonds is 4. The van der Waals surface area contributed by atoms with Gasteiger partial charge in [0.15, 0.2) is 5.84 Å². The number of oxime groups is 1. The molecule has 0 fully saturated rings. The van der Waals surface area contributed by atoms with E-state index in [-0.39, 0.29) is 11.9 Å². The van der Waals surface area contributed by atoms with Crippen molar-refractivity contribution in [1.82, 2.24) is 14.7 Å². The van der Waals surface area contributed by atoms with Crippen molar-refractivity contribution in [3.63, 3.8) is 0 Å². The highest BCUT2D eigenvalue weighted by Crippen LogP contribution is 2.04. The zero-order valence-corrected chi connectivity index (χ0v) is 9.25. The summed E-state index contributed by atoms with van der Waals surface area (Å²) in [6, 6.07) is -0.102. The number of hydrogen-bond acceptors (Lipinski definition) is 4. The second kappa shape index (κ2) is 4.79. The van der Waals surface area contributed by atoms with Crippen molar-refractivity contribution in [2.75, 3.05) is 7.05 Å². The van der Waals surface area contributed by atoms with Crippen LogP contribution in [0.4, 0.5) is 0 Å². The molecule has 0 saturated heterocycles. The maximum Gasteiger partial charge on any atom is 0.156 e. The Hall–Kier alpha value is -1.56. The van der Waals surface area contributed by atoms with Crippen LogP contribution in [0.3, 0.4) is 0 Å². The lowest BCUT2D eigenvalue weighted by Crippen LogP contribution is -2.39. The maximum atomic E-state index is 8.54. The Bertz CT molecular complexity index is 346. The van der Waals surface area contributed by atoms with Gasteiger partial charge >= 0.3 is 0 Å². The van der Waals surface area contributed by atoms with Gasteiger partial charge in [-0.2, -0.15) is 5.10 Å². The number of aromatic nitrogens is 2. The minimum Gasteiger partial charge on any atom is -0.409 e. The highest BCUT2D eigenvalue weighted by Gasteiger charge is 2.14. The molecule has 0 radical (unpaired) electrons. The normalized spacial score (nSPS) is 14.5. The van der Waals surface area contributed by atoms with Crippen LogP contribution in [0.15, 0.2) is 17.5 Å². The lowest BCUT2D eigenvalue weighted by Gasteiger charge is -2.22. The summed E-state index contributed by atoms with van der Waals surface area (Å²) in [7, 11) is 3.78. The molecule has 0 saturated carbocycles. The van der Waals surface area contributed by atoms with E-state index in [9.17, 15) is 0 Å². The van der Waals surface area contributed by atoms with Crippen LogP contribution in [-0.4, -0.2) is 38.8 Å². The molecule has 1 rings (SSSR count). The van der Waals surface area contributed by atoms with Gasteiger partial charge in [0.05, 0.1) is 12.2 Å². The highest BCUT2D eigenvalue weighted by atomic mass is 16.4. The third-order valence-electron chi connectivity index (χ3n) is 2.39. The third kappa shape index (κ3) is 2.95. The summed E-state index contributed by atoms with van der Waals surface area (Å²) >= 11 is 0. The molecule has 1 aromatic rings. The minimum atomic E-state index is -0.102. The predicted octanol–water partition coefficient (Wildman–Crippen LogP) is -0.0132. The number of amidine groups is 1. The Morgan fingerprint density at radius 3 is 2.93 bits per heavy atom. The molecular weight excluding hydrogens is 194 g/mol. The van der Waals surface area contributed by atoms with Crippen LogP contribution in [0.25, 0.3) is 0 Å². The van der Waals surface area contributed by atoms with Gasteiger partial charge in [0.2, 0.25) is 0 Å². The first-order valence-corrected chi connectivity index (χ1v) is 4.69. The van der Waals surface area contributed by atoms with E-state index in [0.29, 0.717) is 6.54 Å². The summed E-state index contributed by atoms with van der Waals surface area (Å²) in [6.45, 7) is 2.59. The Morgan fingerprint density at radius 2 is 2.47 bits per heavy atom. The molecule has 1 aromatic heterocycles. The molecule has 0 aromatic carbocycles. The van der Waals surface area contributed by atoms with E-state index in [1.807, 2.05) is 32.1 Å². The molecule has 3 N–H and O–H groups in total. The Balaban J connectivity index is 2.59. The summed E-state index contributed by atoms with van der Waals surface area (Å²) < 4.78 is 1.75. The quantitative estimate of drug-likeness (QED) is 0.317. The molecular formula is C9H17N5O.